The first-order valence-electron chi connectivity index (χ1n) is 7.88. The summed E-state index contributed by atoms with van der Waals surface area (Å²) in [5.41, 5.74) is 0.994. The number of halogens is 1. The molecule has 1 N–H and O–H groups in total. The van der Waals surface area contributed by atoms with Crippen LogP contribution in [0.2, 0.25) is 0 Å². The second-order valence-electron chi connectivity index (χ2n) is 6.02. The zero-order valence-corrected chi connectivity index (χ0v) is 13.4. The molecule has 1 fully saturated rings. The molecule has 0 radical (unpaired) electrons. The maximum Gasteiger partial charge on any atom is 0.165 e. The fraction of sp³-hybridized carbons (Fsp3) is 0.647. The van der Waals surface area contributed by atoms with Gasteiger partial charge in [0.25, 0.3) is 0 Å². The molecule has 0 spiro atoms. The molecule has 1 aromatic carbocycles. The van der Waals surface area contributed by atoms with Crippen molar-refractivity contribution in [1.82, 2.24) is 10.2 Å². The summed E-state index contributed by atoms with van der Waals surface area (Å²) in [5, 5.41) is 3.58. The Morgan fingerprint density at radius 3 is 2.86 bits per heavy atom. The molecule has 1 aliphatic rings. The number of hydrogen-bond acceptors (Lipinski definition) is 3. The van der Waals surface area contributed by atoms with Crippen molar-refractivity contribution in [2.45, 2.75) is 38.8 Å². The molecule has 1 aliphatic carbocycles. The number of nitrogens with zero attached hydrogens (tertiary/aromatic N) is 1. The van der Waals surface area contributed by atoms with Gasteiger partial charge in [-0.15, -0.1) is 0 Å². The van der Waals surface area contributed by atoms with Crippen LogP contribution in [0, 0.1) is 11.7 Å². The number of benzene rings is 1. The number of ether oxygens (including phenoxy) is 1. The summed E-state index contributed by atoms with van der Waals surface area (Å²) >= 11 is 0. The van der Waals surface area contributed by atoms with E-state index in [0.29, 0.717) is 17.7 Å². The van der Waals surface area contributed by atoms with Gasteiger partial charge < -0.3 is 15.0 Å². The molecule has 1 aromatic rings. The molecule has 0 aliphatic heterocycles. The second-order valence-corrected chi connectivity index (χ2v) is 6.02. The molecular formula is C17H27FN2O. The number of nitrogens with one attached hydrogen (secondary N) is 1. The van der Waals surface area contributed by atoms with Crippen molar-refractivity contribution in [3.8, 4) is 5.75 Å². The van der Waals surface area contributed by atoms with Gasteiger partial charge in [-0.2, -0.15) is 0 Å². The third-order valence-electron chi connectivity index (χ3n) is 4.34. The maximum atomic E-state index is 13.7. The lowest BCUT2D eigenvalue weighted by Gasteiger charge is -2.26. The molecule has 0 saturated heterocycles. The van der Waals surface area contributed by atoms with E-state index in [2.05, 4.69) is 24.2 Å². The zero-order chi connectivity index (χ0) is 15.2. The lowest BCUT2D eigenvalue weighted by Crippen LogP contribution is -2.38. The molecule has 3 nitrogen and oxygen atoms in total. The van der Waals surface area contributed by atoms with E-state index in [-0.39, 0.29) is 5.82 Å². The Bertz CT molecular complexity index is 452. The number of methoxy groups -OCH3 is 1. The van der Waals surface area contributed by atoms with Crippen molar-refractivity contribution in [2.24, 2.45) is 5.92 Å². The fourth-order valence-corrected chi connectivity index (χ4v) is 3.37. The van der Waals surface area contributed by atoms with Gasteiger partial charge >= 0.3 is 0 Å². The lowest BCUT2D eigenvalue weighted by molar-refractivity contribution is 0.245. The highest BCUT2D eigenvalue weighted by molar-refractivity contribution is 5.29. The van der Waals surface area contributed by atoms with E-state index >= 15 is 0 Å². The summed E-state index contributed by atoms with van der Waals surface area (Å²) in [7, 11) is 3.61. The first-order valence-corrected chi connectivity index (χ1v) is 7.88. The Hall–Kier alpha value is -1.13. The highest BCUT2D eigenvalue weighted by Gasteiger charge is 2.27. The minimum absolute atomic E-state index is 0.283. The minimum atomic E-state index is -0.283. The smallest absolute Gasteiger partial charge is 0.165 e. The first-order chi connectivity index (χ1) is 10.1. The largest absolute Gasteiger partial charge is 0.494 e. The maximum absolute atomic E-state index is 13.7. The van der Waals surface area contributed by atoms with Crippen molar-refractivity contribution < 1.29 is 9.13 Å². The van der Waals surface area contributed by atoms with Crippen LogP contribution in [0.3, 0.4) is 0 Å². The molecule has 1 saturated carbocycles. The molecule has 4 heteroatoms. The van der Waals surface area contributed by atoms with Crippen molar-refractivity contribution >= 4 is 0 Å². The average Bonchev–Trinajstić information content (AvgIpc) is 2.86. The third kappa shape index (κ3) is 4.42. The van der Waals surface area contributed by atoms with E-state index in [1.165, 1.54) is 26.4 Å². The van der Waals surface area contributed by atoms with E-state index in [4.69, 9.17) is 4.74 Å². The Morgan fingerprint density at radius 1 is 1.38 bits per heavy atom. The van der Waals surface area contributed by atoms with Gasteiger partial charge in [-0.05, 0) is 50.0 Å². The topological polar surface area (TPSA) is 24.5 Å². The molecule has 2 rings (SSSR count). The summed E-state index contributed by atoms with van der Waals surface area (Å²) in [4.78, 5) is 2.29. The quantitative estimate of drug-likeness (QED) is 0.836. The molecule has 0 amide bonds. The third-order valence-corrected chi connectivity index (χ3v) is 4.34. The van der Waals surface area contributed by atoms with Crippen LogP contribution in [0.5, 0.6) is 5.75 Å². The SMILES string of the molecule is CCNC1CCCC1CN(C)Cc1ccc(OC)c(F)c1. The lowest BCUT2D eigenvalue weighted by atomic mass is 10.0. The van der Waals surface area contributed by atoms with Gasteiger partial charge in [0, 0.05) is 19.1 Å². The highest BCUT2D eigenvalue weighted by Crippen LogP contribution is 2.27. The Morgan fingerprint density at radius 2 is 2.19 bits per heavy atom. The molecule has 0 bridgehead atoms. The van der Waals surface area contributed by atoms with Crippen molar-refractivity contribution in [1.29, 1.82) is 0 Å². The van der Waals surface area contributed by atoms with Crippen LogP contribution in [0.25, 0.3) is 0 Å². The van der Waals surface area contributed by atoms with E-state index in [1.807, 2.05) is 6.07 Å². The molecule has 0 heterocycles. The zero-order valence-electron chi connectivity index (χ0n) is 13.4. The van der Waals surface area contributed by atoms with E-state index in [9.17, 15) is 4.39 Å². The van der Waals surface area contributed by atoms with Gasteiger partial charge in [0.15, 0.2) is 11.6 Å². The number of hydrogen-bond donors (Lipinski definition) is 1. The predicted octanol–water partition coefficient (Wildman–Crippen LogP) is 3.04. The average molecular weight is 294 g/mol. The number of rotatable bonds is 7. The summed E-state index contributed by atoms with van der Waals surface area (Å²) in [6, 6.07) is 5.86. The van der Waals surface area contributed by atoms with Crippen molar-refractivity contribution in [2.75, 3.05) is 27.2 Å². The fourth-order valence-electron chi connectivity index (χ4n) is 3.37. The molecule has 2 atom stereocenters. The molecule has 2 unspecified atom stereocenters. The van der Waals surface area contributed by atoms with E-state index in [0.717, 1.165) is 25.2 Å². The van der Waals surface area contributed by atoms with Crippen LogP contribution in [-0.4, -0.2) is 38.2 Å². The molecule has 21 heavy (non-hydrogen) atoms. The van der Waals surface area contributed by atoms with Crippen LogP contribution in [0.1, 0.15) is 31.7 Å². The summed E-state index contributed by atoms with van der Waals surface area (Å²) in [6.45, 7) is 5.04. The Labute approximate surface area is 127 Å². The van der Waals surface area contributed by atoms with Gasteiger partial charge in [-0.3, -0.25) is 0 Å². The summed E-state index contributed by atoms with van der Waals surface area (Å²) < 4.78 is 18.7. The molecule has 0 aromatic heterocycles. The van der Waals surface area contributed by atoms with Gasteiger partial charge in [-0.1, -0.05) is 19.4 Å². The van der Waals surface area contributed by atoms with Crippen molar-refractivity contribution in [3.05, 3.63) is 29.6 Å². The molecular weight excluding hydrogens is 267 g/mol. The summed E-state index contributed by atoms with van der Waals surface area (Å²) in [6.07, 6.45) is 3.88. The van der Waals surface area contributed by atoms with Crippen LogP contribution < -0.4 is 10.1 Å². The Balaban J connectivity index is 1.89. The van der Waals surface area contributed by atoms with Crippen LogP contribution in [0.4, 0.5) is 4.39 Å². The van der Waals surface area contributed by atoms with E-state index in [1.54, 1.807) is 12.1 Å². The van der Waals surface area contributed by atoms with Crippen molar-refractivity contribution in [3.63, 3.8) is 0 Å². The van der Waals surface area contributed by atoms with Gasteiger partial charge in [0.2, 0.25) is 0 Å². The first kappa shape index (κ1) is 16.2. The van der Waals surface area contributed by atoms with Crippen LogP contribution in [0.15, 0.2) is 18.2 Å². The van der Waals surface area contributed by atoms with Gasteiger partial charge in [0.1, 0.15) is 0 Å². The monoisotopic (exact) mass is 294 g/mol. The Kier molecular flexibility index (Phi) is 6.00. The highest BCUT2D eigenvalue weighted by atomic mass is 19.1. The normalized spacial score (nSPS) is 22.0. The van der Waals surface area contributed by atoms with E-state index < -0.39 is 0 Å². The van der Waals surface area contributed by atoms with Gasteiger partial charge in [-0.25, -0.2) is 4.39 Å². The van der Waals surface area contributed by atoms with Crippen LogP contribution >= 0.6 is 0 Å². The standard InChI is InChI=1S/C17H27FN2O/c1-4-19-16-7-5-6-14(16)12-20(2)11-13-8-9-17(21-3)15(18)10-13/h8-10,14,16,19H,4-7,11-12H2,1-3H3. The molecule has 118 valence electrons. The van der Waals surface area contributed by atoms with Gasteiger partial charge in [0.05, 0.1) is 7.11 Å². The predicted molar refractivity (Wildman–Crippen MR) is 84.1 cm³/mol. The minimum Gasteiger partial charge on any atom is -0.494 e. The van der Waals surface area contributed by atoms with Crippen LogP contribution in [-0.2, 0) is 6.54 Å². The second kappa shape index (κ2) is 7.76. The summed E-state index contributed by atoms with van der Waals surface area (Å²) in [5.74, 6) is 0.734.